The molecule has 20 amide bonds. The highest BCUT2D eigenvalue weighted by molar-refractivity contribution is 7.80. The number of phenols is 1. The minimum Gasteiger partial charge on any atom is -0.508 e. The van der Waals surface area contributed by atoms with Gasteiger partial charge in [-0.2, -0.15) is 12.6 Å². The number of thiol groups is 1. The molecule has 0 saturated heterocycles. The van der Waals surface area contributed by atoms with Crippen LogP contribution in [0.25, 0.3) is 10.9 Å². The third-order valence-electron chi connectivity index (χ3n) is 23.7. The number of aromatic hydroxyl groups is 1. The van der Waals surface area contributed by atoms with Crippen LogP contribution in [0.4, 0.5) is 0 Å². The van der Waals surface area contributed by atoms with Gasteiger partial charge >= 0.3 is 5.97 Å². The van der Waals surface area contributed by atoms with Gasteiger partial charge in [-0.15, -0.1) is 0 Å². The summed E-state index contributed by atoms with van der Waals surface area (Å²) in [6.07, 6.45) is -2.20. The van der Waals surface area contributed by atoms with E-state index in [0.717, 1.165) is 13.8 Å². The Labute approximate surface area is 868 Å². The van der Waals surface area contributed by atoms with Crippen LogP contribution >= 0.6 is 12.6 Å². The van der Waals surface area contributed by atoms with E-state index in [2.05, 4.69) is 124 Å². The summed E-state index contributed by atoms with van der Waals surface area (Å²) in [4.78, 5) is 292. The second-order valence-corrected chi connectivity index (χ2v) is 41.1. The van der Waals surface area contributed by atoms with Crippen LogP contribution in [0, 0.1) is 53.3 Å². The first-order chi connectivity index (χ1) is 68.9. The van der Waals surface area contributed by atoms with Gasteiger partial charge in [0.05, 0.1) is 37.9 Å². The highest BCUT2D eigenvalue weighted by Crippen LogP contribution is 2.22. The number of hydrogen-bond donors (Lipinski definition) is 28. The fraction of sp³-hybridized carbons (Fsp3) is 0.646. The van der Waals surface area contributed by atoms with Gasteiger partial charge in [-0.3, -0.25) is 95.9 Å². The lowest BCUT2D eigenvalue weighted by Crippen LogP contribution is -2.64. The number of aliphatic carboxylic acids is 1. The topological polar surface area (TPSA) is 742 Å². The van der Waals surface area contributed by atoms with E-state index >= 15 is 0 Å². The van der Waals surface area contributed by atoms with Crippen molar-refractivity contribution in [1.29, 1.82) is 0 Å². The largest absolute Gasteiger partial charge is 0.508 e. The Balaban J connectivity index is 1.69. The number of carbonyl (C=O) groups excluding carboxylic acids is 20. The van der Waals surface area contributed by atoms with E-state index in [-0.39, 0.29) is 79.6 Å². The number of carboxylic acid groups (broad SMARTS) is 1. The summed E-state index contributed by atoms with van der Waals surface area (Å²) in [5, 5.41) is 102. The number of nitrogens with two attached hydrogens (primary N) is 1. The zero-order valence-electron chi connectivity index (χ0n) is 88.9. The zero-order chi connectivity index (χ0) is 113. The fourth-order valence-corrected chi connectivity index (χ4v) is 15.3. The molecule has 1 aromatic heterocycles. The molecule has 48 nitrogen and oxygen atoms in total. The van der Waals surface area contributed by atoms with Crippen LogP contribution in [0.15, 0.2) is 54.7 Å². The van der Waals surface area contributed by atoms with E-state index in [1.54, 1.807) is 155 Å². The molecule has 0 aliphatic heterocycles. The normalized spacial score (nSPS) is 15.8. The smallest absolute Gasteiger partial charge is 0.326 e. The minimum absolute atomic E-state index is 0.0120. The molecular weight excluding hydrogens is 1950 g/mol. The van der Waals surface area contributed by atoms with Crippen LogP contribution < -0.4 is 112 Å². The zero-order valence-corrected chi connectivity index (χ0v) is 89.8. The molecule has 828 valence electrons. The van der Waals surface area contributed by atoms with Gasteiger partial charge in [0, 0.05) is 35.7 Å². The number of aliphatic hydroxyl groups excluding tert-OH is 3. The Bertz CT molecular complexity index is 5030. The van der Waals surface area contributed by atoms with Gasteiger partial charge in [0.2, 0.25) is 118 Å². The van der Waals surface area contributed by atoms with Crippen molar-refractivity contribution in [3.05, 3.63) is 65.9 Å². The number of H-pyrrole nitrogens is 1. The van der Waals surface area contributed by atoms with E-state index in [9.17, 15) is 126 Å². The number of aliphatic hydroxyl groups is 3. The van der Waals surface area contributed by atoms with E-state index in [0.29, 0.717) is 22.0 Å². The minimum atomic E-state index is -1.93. The highest BCUT2D eigenvalue weighted by Gasteiger charge is 2.42. The number of aromatic nitrogens is 1. The van der Waals surface area contributed by atoms with Gasteiger partial charge in [0.25, 0.3) is 0 Å². The molecule has 0 bridgehead atoms. The van der Waals surface area contributed by atoms with E-state index in [1.165, 1.54) is 52.0 Å². The SMILES string of the molecule is CC(C)C[C@H](NC(=O)[C@H](CS)NC(=O)[C@H](Cc1ccc(O)cc1)NC(=O)[C@H](C)NC(=O)[C@H](C)NC(=O)[C@H](CC(C)C)NC(=O)[C@H](C)NC(=O)[C@H](C)NC(=O)[C@H](CC(C)C)NC(=O)[C@@H](NC(=O)CNC(=O)CNC(=O)[C@@H](NC(=O)[C@H](CC(C)C)NC(=O)[C@@H](NC(=O)[C@H](Cc1c[nH]c2ccccc12)NC(=O)[C@@H](NC(=O)[C@H](CO)NC(=O)[C@@H](NC(=O)[C@@H](NC(=O)[C@@H](N)C(C)C)C(C)C)[C@@H](C)O)[C@@H](C)O)C(C)C)C(C)C)C(C)C)C(=O)O. The number of phenolic OH excluding ortho intramolecular Hbond substituents is 1. The molecule has 148 heavy (non-hydrogen) atoms. The lowest BCUT2D eigenvalue weighted by atomic mass is 9.97. The first kappa shape index (κ1) is 129. The van der Waals surface area contributed by atoms with Crippen molar-refractivity contribution in [2.75, 3.05) is 25.4 Å². The Hall–Kier alpha value is -13.2. The molecule has 0 radical (unpaired) electrons. The van der Waals surface area contributed by atoms with Crippen molar-refractivity contribution in [3.63, 3.8) is 0 Å². The molecule has 49 heteroatoms. The van der Waals surface area contributed by atoms with Crippen molar-refractivity contribution in [2.24, 2.45) is 59.0 Å². The first-order valence-electron chi connectivity index (χ1n) is 49.8. The molecule has 0 saturated carbocycles. The number of carboxylic acids is 1. The predicted octanol–water partition coefficient (Wildman–Crippen LogP) is -3.74. The van der Waals surface area contributed by atoms with E-state index in [4.69, 9.17) is 5.73 Å². The molecule has 3 rings (SSSR count). The van der Waals surface area contributed by atoms with Crippen molar-refractivity contribution in [1.82, 2.24) is 111 Å². The Kier molecular flexibility index (Phi) is 54.2. The van der Waals surface area contributed by atoms with Crippen molar-refractivity contribution >= 4 is 148 Å². The number of rotatable bonds is 62. The first-order valence-corrected chi connectivity index (χ1v) is 50.5. The standard InChI is InChI=1S/C99H160N22O26S/c1-44(2)33-64(85(132)106-53(19)81(128)105-56(22)84(131)109-67(37-59-29-31-61(125)32-30-59)87(134)115-71(43-148)91(138)113-69(99(146)147)36-47(7)8)108-83(130)55(21)104-82(129)54(20)107-86(133)65(34-45(3)4)110-94(141)76(50(13)14)116-73(127)41-102-72(126)40-103-93(140)75(49(11)12)117-88(135)66(35-46(5)6)111-95(142)77(51(15)16)118-89(136)68(38-60-39-101-63-28-26-25-27-62(60)63)112-97(144)79(57(23)123)120-90(137)70(42-122)114-98(145)80(58(24)124)121-96(143)78(52(17)18)119-92(139)74(100)48(9)10/h25-32,39,44-58,64-71,74-80,101,122-125,148H,33-38,40-43,100H2,1-24H3,(H,102,126)(H,103,140)(H,104,129)(H,105,128)(H,106,132)(H,107,133)(H,108,130)(H,109,131)(H,110,141)(H,111,142)(H,112,144)(H,113,138)(H,114,145)(H,115,134)(H,116,127)(H,117,135)(H,118,136)(H,119,139)(H,120,137)(H,121,143)(H,146,147)/t53-,54-,55-,56-,57+,58+,64-,65-,66-,67-,68-,69-,70-,71-,74-,75-,76-,77-,78-,79-,80-/m0/s1. The number of nitrogens with one attached hydrogen (secondary N) is 21. The number of amides is 20. The molecule has 0 aliphatic carbocycles. The maximum Gasteiger partial charge on any atom is 0.326 e. The molecule has 28 N–H and O–H groups in total. The van der Waals surface area contributed by atoms with Gasteiger partial charge in [-0.1, -0.05) is 155 Å². The maximum atomic E-state index is 14.8. The third-order valence-corrected chi connectivity index (χ3v) is 24.1. The maximum absolute atomic E-state index is 14.8. The van der Waals surface area contributed by atoms with Crippen LogP contribution in [0.1, 0.15) is 203 Å². The summed E-state index contributed by atoms with van der Waals surface area (Å²) >= 11 is 4.19. The second kappa shape index (κ2) is 62.2. The molecule has 2 aromatic carbocycles. The molecule has 21 atom stereocenters. The molecule has 0 fully saturated rings. The third kappa shape index (κ3) is 43.3. The highest BCUT2D eigenvalue weighted by atomic mass is 32.1. The fourth-order valence-electron chi connectivity index (χ4n) is 15.0. The molecule has 0 unspecified atom stereocenters. The van der Waals surface area contributed by atoms with Crippen LogP contribution in [0.5, 0.6) is 5.75 Å². The van der Waals surface area contributed by atoms with Crippen molar-refractivity contribution in [2.45, 2.75) is 332 Å². The molecule has 0 aliphatic rings. The molecular formula is C99H160N22O26S. The number of benzene rings is 2. The van der Waals surface area contributed by atoms with Crippen LogP contribution in [-0.2, 0) is 114 Å². The number of hydrogen-bond acceptors (Lipinski definition) is 27. The van der Waals surface area contributed by atoms with E-state index in [1.807, 2.05) is 0 Å². The van der Waals surface area contributed by atoms with Crippen molar-refractivity contribution < 1.29 is 126 Å². The van der Waals surface area contributed by atoms with Crippen LogP contribution in [0.3, 0.4) is 0 Å². The molecule has 1 heterocycles. The van der Waals surface area contributed by atoms with Gasteiger partial charge in [-0.25, -0.2) is 4.79 Å². The lowest BCUT2D eigenvalue weighted by Gasteiger charge is -2.30. The molecule has 0 spiro atoms. The van der Waals surface area contributed by atoms with Gasteiger partial charge in [0.15, 0.2) is 0 Å². The summed E-state index contributed by atoms with van der Waals surface area (Å²) in [5.74, 6) is -23.8. The number of aromatic amines is 1. The Morgan fingerprint density at radius 2 is 0.615 bits per heavy atom. The number of para-hydroxylation sites is 1. The summed E-state index contributed by atoms with van der Waals surface area (Å²) in [6, 6.07) is -14.5. The Morgan fingerprint density at radius 1 is 0.311 bits per heavy atom. The van der Waals surface area contributed by atoms with Gasteiger partial charge < -0.3 is 143 Å². The lowest BCUT2D eigenvalue weighted by molar-refractivity contribution is -0.142. The van der Waals surface area contributed by atoms with E-state index < -0.39 is 294 Å². The summed E-state index contributed by atoms with van der Waals surface area (Å²) in [6.45, 7) is 35.0. The monoisotopic (exact) mass is 2110 g/mol. The quantitative estimate of drug-likeness (QED) is 0.0242. The van der Waals surface area contributed by atoms with Crippen LogP contribution in [0.2, 0.25) is 0 Å². The van der Waals surface area contributed by atoms with Gasteiger partial charge in [-0.05, 0) is 150 Å². The summed E-state index contributed by atoms with van der Waals surface area (Å²) < 4.78 is 0. The summed E-state index contributed by atoms with van der Waals surface area (Å²) in [7, 11) is 0. The number of carbonyl (C=O) groups is 21. The average Bonchev–Trinajstić information content (AvgIpc) is 1.66. The Morgan fingerprint density at radius 3 is 1.03 bits per heavy atom. The second-order valence-electron chi connectivity index (χ2n) is 40.8. The number of fused-ring (bicyclic) bond motifs is 1. The van der Waals surface area contributed by atoms with Crippen LogP contribution in [-0.4, -0.2) is 307 Å². The van der Waals surface area contributed by atoms with Gasteiger partial charge in [0.1, 0.15) is 115 Å². The predicted molar refractivity (Wildman–Crippen MR) is 549 cm³/mol. The summed E-state index contributed by atoms with van der Waals surface area (Å²) in [5.41, 5.74) is 7.56. The van der Waals surface area contributed by atoms with Crippen molar-refractivity contribution in [3.8, 4) is 5.75 Å². The molecule has 3 aromatic rings. The average molecular weight is 2110 g/mol.